The second-order valence-electron chi connectivity index (χ2n) is 8.74. The molecule has 0 spiro atoms. The Bertz CT molecular complexity index is 1270. The second-order valence-corrected chi connectivity index (χ2v) is 8.74. The Balaban J connectivity index is 1.81. The largest absolute Gasteiger partial charge is 0.309 e. The van der Waals surface area contributed by atoms with E-state index in [-0.39, 0.29) is 5.41 Å². The lowest BCUT2D eigenvalue weighted by Crippen LogP contribution is -2.19. The molecule has 0 atom stereocenters. The monoisotopic (exact) mass is 364 g/mol. The third kappa shape index (κ3) is 1.95. The van der Waals surface area contributed by atoms with E-state index in [2.05, 4.69) is 71.9 Å². The maximum Gasteiger partial charge on any atom is 0.0588 e. The summed E-state index contributed by atoms with van der Waals surface area (Å²) in [5.74, 6) is 0. The van der Waals surface area contributed by atoms with Gasteiger partial charge in [-0.2, -0.15) is 0 Å². The summed E-state index contributed by atoms with van der Waals surface area (Å²) in [6.45, 7) is 4.87. The van der Waals surface area contributed by atoms with E-state index in [0.717, 1.165) is 0 Å². The molecule has 0 aliphatic heterocycles. The Morgan fingerprint density at radius 2 is 1.71 bits per heavy atom. The van der Waals surface area contributed by atoms with Crippen LogP contribution in [0.5, 0.6) is 0 Å². The standard InChI is InChI=1S/C26H24N2/c1-26(2)22-11-7-6-10-18(22)19-12-13-20-21-16-27-15-14-23(21)28(25(20)24(19)26)17-8-4-3-5-9-17/h3-5,8-9,12-16H,6-7,10-11H2,1-2H3. The number of aromatic nitrogens is 2. The van der Waals surface area contributed by atoms with Gasteiger partial charge < -0.3 is 4.57 Å². The van der Waals surface area contributed by atoms with Crippen LogP contribution in [0.2, 0.25) is 0 Å². The lowest BCUT2D eigenvalue weighted by molar-refractivity contribution is 0.576. The molecule has 28 heavy (non-hydrogen) atoms. The van der Waals surface area contributed by atoms with Gasteiger partial charge >= 0.3 is 0 Å². The molecule has 2 aliphatic carbocycles. The summed E-state index contributed by atoms with van der Waals surface area (Å²) in [6, 6.07) is 17.7. The second kappa shape index (κ2) is 5.57. The van der Waals surface area contributed by atoms with Crippen LogP contribution in [0.3, 0.4) is 0 Å². The molecule has 4 aromatic rings. The van der Waals surface area contributed by atoms with Crippen molar-refractivity contribution in [2.24, 2.45) is 0 Å². The number of benzene rings is 2. The molecular weight excluding hydrogens is 340 g/mol. The van der Waals surface area contributed by atoms with Crippen molar-refractivity contribution in [1.82, 2.24) is 9.55 Å². The van der Waals surface area contributed by atoms with E-state index in [9.17, 15) is 0 Å². The molecule has 0 saturated carbocycles. The highest BCUT2D eigenvalue weighted by Crippen LogP contribution is 2.54. The molecule has 0 saturated heterocycles. The van der Waals surface area contributed by atoms with Gasteiger partial charge in [0.05, 0.1) is 11.0 Å². The van der Waals surface area contributed by atoms with Gasteiger partial charge in [-0.15, -0.1) is 0 Å². The van der Waals surface area contributed by atoms with Gasteiger partial charge in [0, 0.05) is 34.3 Å². The van der Waals surface area contributed by atoms with Crippen LogP contribution in [0.4, 0.5) is 0 Å². The van der Waals surface area contributed by atoms with E-state index < -0.39 is 0 Å². The third-order valence-corrected chi connectivity index (χ3v) is 6.92. The number of rotatable bonds is 1. The smallest absolute Gasteiger partial charge is 0.0588 e. The fourth-order valence-electron chi connectivity index (χ4n) is 5.72. The fourth-order valence-corrected chi connectivity index (χ4v) is 5.72. The van der Waals surface area contributed by atoms with E-state index in [4.69, 9.17) is 0 Å². The highest BCUT2D eigenvalue weighted by molar-refractivity contribution is 6.12. The van der Waals surface area contributed by atoms with Crippen molar-refractivity contribution < 1.29 is 0 Å². The normalized spacial score (nSPS) is 17.9. The van der Waals surface area contributed by atoms with E-state index in [1.54, 1.807) is 11.1 Å². The maximum atomic E-state index is 4.45. The van der Waals surface area contributed by atoms with Crippen LogP contribution in [0.15, 0.2) is 66.5 Å². The van der Waals surface area contributed by atoms with Crippen molar-refractivity contribution in [2.45, 2.75) is 44.9 Å². The average Bonchev–Trinajstić information content (AvgIpc) is 3.19. The average molecular weight is 364 g/mol. The fraction of sp³-hybridized carbons (Fsp3) is 0.269. The number of pyridine rings is 1. The van der Waals surface area contributed by atoms with Gasteiger partial charge in [-0.25, -0.2) is 0 Å². The molecule has 2 nitrogen and oxygen atoms in total. The first-order valence-corrected chi connectivity index (χ1v) is 10.4. The molecule has 0 radical (unpaired) electrons. The molecule has 138 valence electrons. The van der Waals surface area contributed by atoms with Crippen LogP contribution >= 0.6 is 0 Å². The molecule has 0 bridgehead atoms. The molecular formula is C26H24N2. The van der Waals surface area contributed by atoms with Crippen LogP contribution in [0, 0.1) is 0 Å². The van der Waals surface area contributed by atoms with Crippen LogP contribution in [-0.4, -0.2) is 9.55 Å². The van der Waals surface area contributed by atoms with Crippen LogP contribution < -0.4 is 0 Å². The summed E-state index contributed by atoms with van der Waals surface area (Å²) in [5, 5.41) is 2.56. The van der Waals surface area contributed by atoms with E-state index in [1.165, 1.54) is 64.3 Å². The minimum absolute atomic E-state index is 0.0823. The first kappa shape index (κ1) is 16.1. The van der Waals surface area contributed by atoms with Crippen molar-refractivity contribution >= 4 is 27.4 Å². The first-order chi connectivity index (χ1) is 13.7. The van der Waals surface area contributed by atoms with Crippen molar-refractivity contribution in [3.05, 3.63) is 77.6 Å². The molecule has 0 fully saturated rings. The number of nitrogens with zero attached hydrogens (tertiary/aromatic N) is 2. The van der Waals surface area contributed by atoms with Crippen LogP contribution in [-0.2, 0) is 5.41 Å². The Kier molecular flexibility index (Phi) is 3.21. The van der Waals surface area contributed by atoms with Crippen molar-refractivity contribution in [2.75, 3.05) is 0 Å². The zero-order chi connectivity index (χ0) is 18.9. The molecule has 0 unspecified atom stereocenters. The maximum absolute atomic E-state index is 4.45. The topological polar surface area (TPSA) is 17.8 Å². The molecule has 2 heterocycles. The van der Waals surface area contributed by atoms with Gasteiger partial charge in [0.1, 0.15) is 0 Å². The zero-order valence-electron chi connectivity index (χ0n) is 16.5. The Hall–Kier alpha value is -2.87. The van der Waals surface area contributed by atoms with Gasteiger partial charge in [0.25, 0.3) is 0 Å². The van der Waals surface area contributed by atoms with E-state index in [1.807, 2.05) is 12.4 Å². The first-order valence-electron chi connectivity index (χ1n) is 10.4. The van der Waals surface area contributed by atoms with Crippen LogP contribution in [0.25, 0.3) is 33.1 Å². The number of hydrogen-bond donors (Lipinski definition) is 0. The highest BCUT2D eigenvalue weighted by atomic mass is 15.0. The van der Waals surface area contributed by atoms with Gasteiger partial charge in [-0.05, 0) is 60.6 Å². The lowest BCUT2D eigenvalue weighted by atomic mass is 9.77. The lowest BCUT2D eigenvalue weighted by Gasteiger charge is -2.28. The summed E-state index contributed by atoms with van der Waals surface area (Å²) in [7, 11) is 0. The summed E-state index contributed by atoms with van der Waals surface area (Å²) >= 11 is 0. The molecule has 2 aromatic carbocycles. The van der Waals surface area contributed by atoms with Crippen molar-refractivity contribution in [3.8, 4) is 5.69 Å². The van der Waals surface area contributed by atoms with Gasteiger partial charge in [-0.1, -0.05) is 49.8 Å². The molecule has 0 N–H and O–H groups in total. The summed E-state index contributed by atoms with van der Waals surface area (Å²) in [6.07, 6.45) is 9.05. The Morgan fingerprint density at radius 3 is 2.57 bits per heavy atom. The summed E-state index contributed by atoms with van der Waals surface area (Å²) in [5.41, 5.74) is 10.2. The predicted octanol–water partition coefficient (Wildman–Crippen LogP) is 6.80. The minimum Gasteiger partial charge on any atom is -0.309 e. The van der Waals surface area contributed by atoms with Crippen molar-refractivity contribution in [3.63, 3.8) is 0 Å². The SMILES string of the molecule is CC1(C)C2=C(CCCC2)c2ccc3c4cnccc4n(-c4ccccc4)c3c21. The number of fused-ring (bicyclic) bond motifs is 6. The molecule has 6 rings (SSSR count). The zero-order valence-corrected chi connectivity index (χ0v) is 16.5. The molecule has 2 aliphatic rings. The quantitative estimate of drug-likeness (QED) is 0.363. The Morgan fingerprint density at radius 1 is 0.893 bits per heavy atom. The molecule has 2 aromatic heterocycles. The summed E-state index contributed by atoms with van der Waals surface area (Å²) < 4.78 is 2.46. The third-order valence-electron chi connectivity index (χ3n) is 6.92. The van der Waals surface area contributed by atoms with Crippen LogP contribution in [0.1, 0.15) is 50.7 Å². The number of allylic oxidation sites excluding steroid dienone is 2. The Labute approximate surface area is 165 Å². The number of para-hydroxylation sites is 1. The van der Waals surface area contributed by atoms with Gasteiger partial charge in [0.15, 0.2) is 0 Å². The van der Waals surface area contributed by atoms with Gasteiger partial charge in [-0.3, -0.25) is 4.98 Å². The molecule has 0 amide bonds. The summed E-state index contributed by atoms with van der Waals surface area (Å²) in [4.78, 5) is 4.45. The predicted molar refractivity (Wildman–Crippen MR) is 117 cm³/mol. The van der Waals surface area contributed by atoms with E-state index >= 15 is 0 Å². The van der Waals surface area contributed by atoms with Crippen molar-refractivity contribution in [1.29, 1.82) is 0 Å². The highest BCUT2D eigenvalue weighted by Gasteiger charge is 2.40. The van der Waals surface area contributed by atoms with Gasteiger partial charge in [0.2, 0.25) is 0 Å². The van der Waals surface area contributed by atoms with E-state index in [0.29, 0.717) is 0 Å². The molecule has 2 heteroatoms. The number of hydrogen-bond acceptors (Lipinski definition) is 1. The minimum atomic E-state index is 0.0823.